The summed E-state index contributed by atoms with van der Waals surface area (Å²) in [4.78, 5) is 12.5. The van der Waals surface area contributed by atoms with E-state index in [0.29, 0.717) is 29.4 Å². The fraction of sp³-hybridized carbons (Fsp3) is 0.360. The Labute approximate surface area is 190 Å². The minimum Gasteiger partial charge on any atom is -0.489 e. The molecule has 2 aromatic carbocycles. The summed E-state index contributed by atoms with van der Waals surface area (Å²) < 4.78 is 26.2. The van der Waals surface area contributed by atoms with Crippen molar-refractivity contribution in [2.45, 2.75) is 52.9 Å². The molecule has 1 aromatic heterocycles. The monoisotopic (exact) mass is 454 g/mol. The van der Waals surface area contributed by atoms with Crippen LogP contribution in [0.1, 0.15) is 48.3 Å². The van der Waals surface area contributed by atoms with Crippen molar-refractivity contribution >= 4 is 19.4 Å². The van der Waals surface area contributed by atoms with E-state index >= 15 is 4.39 Å². The van der Waals surface area contributed by atoms with E-state index in [2.05, 4.69) is 55.8 Å². The number of benzene rings is 2. The molecular weight excluding hydrogens is 423 g/mol. The Morgan fingerprint density at radius 3 is 2.38 bits per heavy atom. The van der Waals surface area contributed by atoms with Crippen LogP contribution in [0, 0.1) is 5.82 Å². The third kappa shape index (κ3) is 5.27. The first-order chi connectivity index (χ1) is 15.1. The minimum absolute atomic E-state index is 0.182. The van der Waals surface area contributed by atoms with E-state index in [9.17, 15) is 4.79 Å². The molecule has 0 amide bonds. The van der Waals surface area contributed by atoms with Gasteiger partial charge in [-0.15, -0.1) is 0 Å². The van der Waals surface area contributed by atoms with Crippen LogP contribution in [0.15, 0.2) is 42.5 Å². The van der Waals surface area contributed by atoms with Crippen molar-refractivity contribution in [1.29, 1.82) is 0 Å². The summed E-state index contributed by atoms with van der Waals surface area (Å²) in [7, 11) is -1.97. The van der Waals surface area contributed by atoms with Crippen LogP contribution in [-0.2, 0) is 11.3 Å². The van der Waals surface area contributed by atoms with E-state index in [-0.39, 0.29) is 12.3 Å². The SMILES string of the molecule is CCOC(=O)c1[nH]nc([Si](C)(C)C)c1-c1ccc(OCc2ccc(C(C)C)cc2)cc1F. The van der Waals surface area contributed by atoms with Crippen molar-refractivity contribution in [3.05, 3.63) is 65.1 Å². The Kier molecular flexibility index (Phi) is 7.18. The van der Waals surface area contributed by atoms with E-state index < -0.39 is 19.9 Å². The van der Waals surface area contributed by atoms with E-state index in [1.54, 1.807) is 19.1 Å². The minimum atomic E-state index is -1.97. The number of halogens is 1. The molecule has 0 fully saturated rings. The smallest absolute Gasteiger partial charge is 0.356 e. The number of carbonyl (C=O) groups is 1. The molecule has 0 aliphatic heterocycles. The largest absolute Gasteiger partial charge is 0.489 e. The number of aromatic amines is 1. The molecule has 0 saturated carbocycles. The lowest BCUT2D eigenvalue weighted by molar-refractivity contribution is 0.0520. The maximum Gasteiger partial charge on any atom is 0.356 e. The van der Waals surface area contributed by atoms with Crippen molar-refractivity contribution < 1.29 is 18.7 Å². The highest BCUT2D eigenvalue weighted by Gasteiger charge is 2.31. The van der Waals surface area contributed by atoms with Gasteiger partial charge in [0.1, 0.15) is 26.2 Å². The number of nitrogens with zero attached hydrogens (tertiary/aromatic N) is 1. The third-order valence-corrected chi connectivity index (χ3v) is 7.00. The standard InChI is InChI=1S/C25H31FN2O3Si/c1-7-30-25(29)23-22(24(28-27-23)32(4,5)6)20-13-12-19(14-21(20)26)31-15-17-8-10-18(11-9-17)16(2)3/h8-14,16H,7,15H2,1-6H3,(H,27,28). The number of ether oxygens (including phenoxy) is 2. The molecule has 3 aromatic rings. The van der Waals surface area contributed by atoms with Crippen molar-refractivity contribution in [2.75, 3.05) is 6.61 Å². The molecule has 7 heteroatoms. The van der Waals surface area contributed by atoms with Crippen LogP contribution >= 0.6 is 0 Å². The number of carbonyl (C=O) groups excluding carboxylic acids is 1. The molecule has 5 nitrogen and oxygen atoms in total. The van der Waals surface area contributed by atoms with Gasteiger partial charge in [-0.05, 0) is 36.1 Å². The number of H-pyrrole nitrogens is 1. The van der Waals surface area contributed by atoms with Gasteiger partial charge < -0.3 is 9.47 Å². The van der Waals surface area contributed by atoms with Crippen LogP contribution < -0.4 is 10.1 Å². The molecule has 3 rings (SSSR count). The van der Waals surface area contributed by atoms with E-state index in [4.69, 9.17) is 9.47 Å². The number of hydrogen-bond donors (Lipinski definition) is 1. The van der Waals surface area contributed by atoms with Gasteiger partial charge in [0.15, 0.2) is 5.69 Å². The number of esters is 1. The number of rotatable bonds is 8. The lowest BCUT2D eigenvalue weighted by Gasteiger charge is -2.17. The van der Waals surface area contributed by atoms with Gasteiger partial charge in [0.05, 0.1) is 11.9 Å². The highest BCUT2D eigenvalue weighted by Crippen LogP contribution is 2.29. The lowest BCUT2D eigenvalue weighted by Crippen LogP contribution is -2.40. The molecule has 0 aliphatic carbocycles. The maximum atomic E-state index is 15.2. The highest BCUT2D eigenvalue weighted by atomic mass is 28.3. The quantitative estimate of drug-likeness (QED) is 0.353. The Balaban J connectivity index is 1.87. The predicted molar refractivity (Wildman–Crippen MR) is 128 cm³/mol. The maximum absolute atomic E-state index is 15.2. The van der Waals surface area contributed by atoms with Gasteiger partial charge in [0, 0.05) is 17.2 Å². The van der Waals surface area contributed by atoms with E-state index in [1.807, 2.05) is 12.1 Å². The van der Waals surface area contributed by atoms with E-state index in [1.165, 1.54) is 11.6 Å². The van der Waals surface area contributed by atoms with Gasteiger partial charge in [0.2, 0.25) is 0 Å². The summed E-state index contributed by atoms with van der Waals surface area (Å²) in [6.07, 6.45) is 0. The zero-order valence-corrected chi connectivity index (χ0v) is 20.6. The van der Waals surface area contributed by atoms with Gasteiger partial charge in [-0.2, -0.15) is 5.10 Å². The van der Waals surface area contributed by atoms with Gasteiger partial charge >= 0.3 is 5.97 Å². The summed E-state index contributed by atoms with van der Waals surface area (Å²) in [5.74, 6) is -0.113. The van der Waals surface area contributed by atoms with Crippen LogP contribution in [0.25, 0.3) is 11.1 Å². The van der Waals surface area contributed by atoms with Gasteiger partial charge in [-0.3, -0.25) is 5.10 Å². The van der Waals surface area contributed by atoms with Crippen LogP contribution in [0.3, 0.4) is 0 Å². The summed E-state index contributed by atoms with van der Waals surface area (Å²) in [5.41, 5.74) is 3.25. The Morgan fingerprint density at radius 1 is 1.12 bits per heavy atom. The number of hydrogen-bond acceptors (Lipinski definition) is 4. The summed E-state index contributed by atoms with van der Waals surface area (Å²) in [6, 6.07) is 12.9. The van der Waals surface area contributed by atoms with Crippen LogP contribution in [0.2, 0.25) is 19.6 Å². The second kappa shape index (κ2) is 9.69. The highest BCUT2D eigenvalue weighted by molar-refractivity contribution is 6.89. The molecule has 1 N–H and O–H groups in total. The normalized spacial score (nSPS) is 11.6. The Morgan fingerprint density at radius 2 is 1.81 bits per heavy atom. The fourth-order valence-electron chi connectivity index (χ4n) is 3.45. The first kappa shape index (κ1) is 23.7. The molecule has 0 aliphatic rings. The average molecular weight is 455 g/mol. The fourth-order valence-corrected chi connectivity index (χ4v) is 4.85. The number of nitrogens with one attached hydrogen (secondary N) is 1. The molecule has 0 bridgehead atoms. The zero-order chi connectivity index (χ0) is 23.5. The van der Waals surface area contributed by atoms with Crippen LogP contribution in [-0.4, -0.2) is 30.8 Å². The lowest BCUT2D eigenvalue weighted by atomic mass is 10.0. The summed E-state index contributed by atoms with van der Waals surface area (Å²) in [5, 5.41) is 7.88. The van der Waals surface area contributed by atoms with E-state index in [0.717, 1.165) is 10.9 Å². The summed E-state index contributed by atoms with van der Waals surface area (Å²) in [6.45, 7) is 12.9. The van der Waals surface area contributed by atoms with Crippen LogP contribution in [0.4, 0.5) is 4.39 Å². The van der Waals surface area contributed by atoms with Crippen LogP contribution in [0.5, 0.6) is 5.75 Å². The van der Waals surface area contributed by atoms with Crippen molar-refractivity contribution in [2.24, 2.45) is 0 Å². The molecule has 170 valence electrons. The van der Waals surface area contributed by atoms with Gasteiger partial charge in [0.25, 0.3) is 0 Å². The predicted octanol–water partition coefficient (Wildman–Crippen LogP) is 5.64. The first-order valence-corrected chi connectivity index (χ1v) is 14.4. The van der Waals surface area contributed by atoms with Crippen molar-refractivity contribution in [1.82, 2.24) is 10.2 Å². The Hall–Kier alpha value is -2.93. The first-order valence-electron chi connectivity index (χ1n) is 10.9. The molecule has 0 radical (unpaired) electrons. The summed E-state index contributed by atoms with van der Waals surface area (Å²) >= 11 is 0. The molecule has 0 unspecified atom stereocenters. The second-order valence-corrected chi connectivity index (χ2v) is 14.1. The Bertz CT molecular complexity index is 1090. The molecule has 0 spiro atoms. The molecule has 1 heterocycles. The third-order valence-electron chi connectivity index (χ3n) is 5.22. The topological polar surface area (TPSA) is 64.2 Å². The number of aromatic nitrogens is 2. The molecule has 0 saturated heterocycles. The average Bonchev–Trinajstić information content (AvgIpc) is 3.18. The van der Waals surface area contributed by atoms with Crippen molar-refractivity contribution in [3.8, 4) is 16.9 Å². The van der Waals surface area contributed by atoms with Gasteiger partial charge in [-0.25, -0.2) is 9.18 Å². The second-order valence-electron chi connectivity index (χ2n) is 9.12. The zero-order valence-electron chi connectivity index (χ0n) is 19.6. The molecule has 0 atom stereocenters. The molecular formula is C25H31FN2O3Si. The van der Waals surface area contributed by atoms with Crippen molar-refractivity contribution in [3.63, 3.8) is 0 Å². The molecule has 32 heavy (non-hydrogen) atoms. The van der Waals surface area contributed by atoms with Gasteiger partial charge in [-0.1, -0.05) is 57.8 Å².